The molecule has 102 valence electrons. The maximum Gasteiger partial charge on any atom is 0.225 e. The van der Waals surface area contributed by atoms with Crippen LogP contribution in [0.4, 0.5) is 0 Å². The average molecular weight is 304 g/mol. The third-order valence-corrected chi connectivity index (χ3v) is 3.84. The normalized spacial score (nSPS) is 31.2. The SMILES string of the molecule is N[C@H]1CC(n2cnc3c(Cl)nc(Cl)nc32)[C@H](O)[C@@H]1O. The molecule has 2 aromatic rings. The first-order chi connectivity index (χ1) is 8.99. The van der Waals surface area contributed by atoms with Gasteiger partial charge >= 0.3 is 0 Å². The summed E-state index contributed by atoms with van der Waals surface area (Å²) in [7, 11) is 0. The second-order valence-electron chi connectivity index (χ2n) is 4.56. The third kappa shape index (κ3) is 1.98. The van der Waals surface area contributed by atoms with Crippen LogP contribution in [0.15, 0.2) is 6.33 Å². The minimum Gasteiger partial charge on any atom is -0.389 e. The Labute approximate surface area is 118 Å². The van der Waals surface area contributed by atoms with Crippen LogP contribution in [-0.2, 0) is 0 Å². The maximum atomic E-state index is 10.0. The van der Waals surface area contributed by atoms with Crippen LogP contribution in [0.3, 0.4) is 0 Å². The van der Waals surface area contributed by atoms with Crippen LogP contribution in [0.1, 0.15) is 12.5 Å². The molecular weight excluding hydrogens is 293 g/mol. The van der Waals surface area contributed by atoms with Crippen molar-refractivity contribution in [3.63, 3.8) is 0 Å². The molecule has 0 aromatic carbocycles. The molecule has 0 saturated heterocycles. The van der Waals surface area contributed by atoms with Crippen LogP contribution in [0.25, 0.3) is 11.2 Å². The standard InChI is InChI=1S/C10H11Cl2N5O2/c11-8-5-9(16-10(12)15-8)17(2-14-5)4-1-3(13)6(18)7(4)19/h2-4,6-7,18-19H,1,13H2/t3-,4?,6+,7-/m0/s1. The zero-order chi connectivity index (χ0) is 13.7. The van der Waals surface area contributed by atoms with Crippen molar-refractivity contribution < 1.29 is 10.2 Å². The molecule has 2 heterocycles. The number of hydrogen-bond donors (Lipinski definition) is 3. The molecule has 1 aliphatic carbocycles. The lowest BCUT2D eigenvalue weighted by molar-refractivity contribution is 0.0187. The molecule has 0 bridgehead atoms. The summed E-state index contributed by atoms with van der Waals surface area (Å²) in [6.07, 6.45) is -0.0668. The number of rotatable bonds is 1. The fourth-order valence-electron chi connectivity index (χ4n) is 2.42. The number of nitrogens with zero attached hydrogens (tertiary/aromatic N) is 4. The summed E-state index contributed by atoms with van der Waals surface area (Å²) in [6, 6.07) is -0.915. The Hall–Kier alpha value is -0.990. The van der Waals surface area contributed by atoms with E-state index in [0.717, 1.165) is 0 Å². The van der Waals surface area contributed by atoms with Gasteiger partial charge in [0, 0.05) is 6.04 Å². The van der Waals surface area contributed by atoms with Gasteiger partial charge in [0.25, 0.3) is 0 Å². The molecule has 3 rings (SSSR count). The van der Waals surface area contributed by atoms with Crippen LogP contribution < -0.4 is 5.73 Å². The zero-order valence-corrected chi connectivity index (χ0v) is 11.1. The van der Waals surface area contributed by atoms with Gasteiger partial charge in [0.2, 0.25) is 5.28 Å². The molecule has 1 fully saturated rings. The number of hydrogen-bond acceptors (Lipinski definition) is 6. The first-order valence-corrected chi connectivity index (χ1v) is 6.42. The van der Waals surface area contributed by atoms with Gasteiger partial charge in [-0.2, -0.15) is 4.98 Å². The second-order valence-corrected chi connectivity index (χ2v) is 5.25. The lowest BCUT2D eigenvalue weighted by Gasteiger charge is -2.17. The Morgan fingerprint density at radius 2 is 2.00 bits per heavy atom. The summed E-state index contributed by atoms with van der Waals surface area (Å²) in [5.41, 5.74) is 6.55. The molecule has 1 aliphatic rings. The summed E-state index contributed by atoms with van der Waals surface area (Å²) in [5, 5.41) is 19.9. The lowest BCUT2D eigenvalue weighted by atomic mass is 10.2. The van der Waals surface area contributed by atoms with Crippen LogP contribution >= 0.6 is 23.2 Å². The quantitative estimate of drug-likeness (QED) is 0.510. The van der Waals surface area contributed by atoms with Gasteiger partial charge in [-0.15, -0.1) is 0 Å². The van der Waals surface area contributed by atoms with Gasteiger partial charge < -0.3 is 20.5 Å². The molecule has 0 spiro atoms. The highest BCUT2D eigenvalue weighted by Gasteiger charge is 2.41. The third-order valence-electron chi connectivity index (χ3n) is 3.41. The van der Waals surface area contributed by atoms with Crippen LogP contribution in [-0.4, -0.2) is 48.0 Å². The smallest absolute Gasteiger partial charge is 0.225 e. The van der Waals surface area contributed by atoms with Gasteiger partial charge in [-0.25, -0.2) is 9.97 Å². The molecule has 0 radical (unpaired) electrons. The maximum absolute atomic E-state index is 10.0. The van der Waals surface area contributed by atoms with Crippen molar-refractivity contribution in [2.45, 2.75) is 30.7 Å². The first-order valence-electron chi connectivity index (χ1n) is 5.66. The molecule has 1 saturated carbocycles. The first kappa shape index (κ1) is 13.0. The van der Waals surface area contributed by atoms with E-state index in [0.29, 0.717) is 17.6 Å². The van der Waals surface area contributed by atoms with E-state index in [-0.39, 0.29) is 10.4 Å². The Morgan fingerprint density at radius 3 is 2.63 bits per heavy atom. The molecule has 7 nitrogen and oxygen atoms in total. The van der Waals surface area contributed by atoms with Crippen molar-refractivity contribution >= 4 is 34.4 Å². The minimum absolute atomic E-state index is 0.00316. The number of fused-ring (bicyclic) bond motifs is 1. The fourth-order valence-corrected chi connectivity index (χ4v) is 2.84. The molecule has 4 N–H and O–H groups in total. The minimum atomic E-state index is -0.986. The predicted molar refractivity (Wildman–Crippen MR) is 69.0 cm³/mol. The van der Waals surface area contributed by atoms with E-state index in [2.05, 4.69) is 15.0 Å². The average Bonchev–Trinajstić information content (AvgIpc) is 2.86. The monoisotopic (exact) mass is 303 g/mol. The van der Waals surface area contributed by atoms with Gasteiger partial charge in [0.15, 0.2) is 10.8 Å². The van der Waals surface area contributed by atoms with Gasteiger partial charge in [-0.1, -0.05) is 11.6 Å². The number of aliphatic hydroxyl groups is 2. The van der Waals surface area contributed by atoms with E-state index in [1.807, 2.05) is 0 Å². The van der Waals surface area contributed by atoms with Crippen LogP contribution in [0, 0.1) is 0 Å². The summed E-state index contributed by atoms with van der Waals surface area (Å²) in [6.45, 7) is 0. The Morgan fingerprint density at radius 1 is 1.26 bits per heavy atom. The Kier molecular flexibility index (Phi) is 3.11. The zero-order valence-electron chi connectivity index (χ0n) is 9.61. The van der Waals surface area contributed by atoms with Crippen molar-refractivity contribution in [2.24, 2.45) is 5.73 Å². The van der Waals surface area contributed by atoms with E-state index in [9.17, 15) is 10.2 Å². The number of imidazole rings is 1. The predicted octanol–water partition coefficient (Wildman–Crippen LogP) is 0.127. The molecule has 2 aromatic heterocycles. The summed E-state index contributed by atoms with van der Waals surface area (Å²) in [4.78, 5) is 12.0. The van der Waals surface area contributed by atoms with Gasteiger partial charge in [0.1, 0.15) is 11.6 Å². The van der Waals surface area contributed by atoms with Crippen molar-refractivity contribution in [1.29, 1.82) is 0 Å². The number of aliphatic hydroxyl groups excluding tert-OH is 2. The molecule has 1 unspecified atom stereocenters. The number of halogens is 2. The van der Waals surface area contributed by atoms with Crippen molar-refractivity contribution in [3.05, 3.63) is 16.8 Å². The summed E-state index contributed by atoms with van der Waals surface area (Å²) >= 11 is 11.7. The van der Waals surface area contributed by atoms with E-state index >= 15 is 0 Å². The van der Waals surface area contributed by atoms with Crippen LogP contribution in [0.2, 0.25) is 10.4 Å². The molecule has 9 heteroatoms. The highest BCUT2D eigenvalue weighted by molar-refractivity contribution is 6.35. The number of aromatic nitrogens is 4. The topological polar surface area (TPSA) is 110 Å². The lowest BCUT2D eigenvalue weighted by Crippen LogP contribution is -2.35. The Bertz CT molecular complexity index is 634. The number of nitrogens with two attached hydrogens (primary N) is 1. The molecule has 0 amide bonds. The van der Waals surface area contributed by atoms with Crippen LogP contribution in [0.5, 0.6) is 0 Å². The highest BCUT2D eigenvalue weighted by atomic mass is 35.5. The van der Waals surface area contributed by atoms with Crippen molar-refractivity contribution in [3.8, 4) is 0 Å². The van der Waals surface area contributed by atoms with Crippen molar-refractivity contribution in [1.82, 2.24) is 19.5 Å². The summed E-state index contributed by atoms with van der Waals surface area (Å²) < 4.78 is 1.62. The van der Waals surface area contributed by atoms with Gasteiger partial charge in [-0.3, -0.25) is 0 Å². The summed E-state index contributed by atoms with van der Waals surface area (Å²) in [5.74, 6) is 0. The van der Waals surface area contributed by atoms with Crippen molar-refractivity contribution in [2.75, 3.05) is 0 Å². The molecule has 0 aliphatic heterocycles. The van der Waals surface area contributed by atoms with E-state index < -0.39 is 24.3 Å². The van der Waals surface area contributed by atoms with E-state index in [1.54, 1.807) is 4.57 Å². The molecule has 4 atom stereocenters. The van der Waals surface area contributed by atoms with Gasteiger partial charge in [-0.05, 0) is 18.0 Å². The molecular formula is C10H11Cl2N5O2. The largest absolute Gasteiger partial charge is 0.389 e. The van der Waals surface area contributed by atoms with E-state index in [4.69, 9.17) is 28.9 Å². The van der Waals surface area contributed by atoms with Gasteiger partial charge in [0.05, 0.1) is 18.5 Å². The highest BCUT2D eigenvalue weighted by Crippen LogP contribution is 2.33. The van der Waals surface area contributed by atoms with E-state index in [1.165, 1.54) is 6.33 Å². The fraction of sp³-hybridized carbons (Fsp3) is 0.500. The Balaban J connectivity index is 2.11. The molecule has 19 heavy (non-hydrogen) atoms. The second kappa shape index (κ2) is 4.53.